The second kappa shape index (κ2) is 7.51. The fourth-order valence-corrected chi connectivity index (χ4v) is 1.74. The van der Waals surface area contributed by atoms with Crippen LogP contribution in [0.4, 0.5) is 11.5 Å². The van der Waals surface area contributed by atoms with E-state index in [1.54, 1.807) is 12.1 Å². The summed E-state index contributed by atoms with van der Waals surface area (Å²) in [5.74, 6) is 0.702. The van der Waals surface area contributed by atoms with Crippen LogP contribution < -0.4 is 11.1 Å². The number of hydrogen-bond donors (Lipinski definition) is 2. The van der Waals surface area contributed by atoms with Gasteiger partial charge in [0.25, 0.3) is 0 Å². The number of anilines is 2. The van der Waals surface area contributed by atoms with Crippen LogP contribution in [0.1, 0.15) is 26.0 Å². The summed E-state index contributed by atoms with van der Waals surface area (Å²) in [5.41, 5.74) is 6.32. The number of hydrogen-bond acceptors (Lipinski definition) is 5. The topological polar surface area (TPSA) is 78.0 Å². The lowest BCUT2D eigenvalue weighted by Gasteiger charge is -2.19. The second-order valence-electron chi connectivity index (χ2n) is 4.11. The molecule has 0 saturated heterocycles. The summed E-state index contributed by atoms with van der Waals surface area (Å²) >= 11 is 0. The van der Waals surface area contributed by atoms with Gasteiger partial charge < -0.3 is 16.0 Å². The quantitative estimate of drug-likeness (QED) is 0.766. The number of likely N-dealkylation sites (N-methyl/N-ethyl adjacent to an activating group) is 1. The molecule has 98 valence electrons. The maximum Gasteiger partial charge on any atom is 0.165 e. The lowest BCUT2D eigenvalue weighted by molar-refractivity contribution is 0.300. The molecule has 0 aliphatic carbocycles. The highest BCUT2D eigenvalue weighted by atomic mass is 15.1. The molecule has 1 rings (SSSR count). The minimum Gasteiger partial charge on any atom is -0.396 e. The first-order valence-electron chi connectivity index (χ1n) is 6.34. The van der Waals surface area contributed by atoms with E-state index in [0.717, 1.165) is 32.6 Å². The molecule has 0 amide bonds. The van der Waals surface area contributed by atoms with Crippen LogP contribution in [0.3, 0.4) is 0 Å². The summed E-state index contributed by atoms with van der Waals surface area (Å²) in [4.78, 5) is 6.51. The fourth-order valence-electron chi connectivity index (χ4n) is 1.74. The zero-order valence-electron chi connectivity index (χ0n) is 11.1. The van der Waals surface area contributed by atoms with Gasteiger partial charge in [-0.25, -0.2) is 4.98 Å². The number of nitrogens with one attached hydrogen (secondary N) is 1. The Bertz CT molecular complexity index is 410. The number of aromatic nitrogens is 1. The van der Waals surface area contributed by atoms with Crippen molar-refractivity contribution in [3.63, 3.8) is 0 Å². The van der Waals surface area contributed by atoms with Gasteiger partial charge in [-0.2, -0.15) is 5.26 Å². The average Bonchev–Trinajstić information content (AvgIpc) is 2.39. The van der Waals surface area contributed by atoms with Crippen molar-refractivity contribution in [2.75, 3.05) is 37.2 Å². The normalized spacial score (nSPS) is 10.3. The van der Waals surface area contributed by atoms with Crippen LogP contribution in [0.15, 0.2) is 12.1 Å². The molecule has 5 heteroatoms. The Labute approximate surface area is 109 Å². The molecule has 0 aliphatic rings. The van der Waals surface area contributed by atoms with Crippen molar-refractivity contribution in [1.82, 2.24) is 9.88 Å². The van der Waals surface area contributed by atoms with E-state index in [9.17, 15) is 0 Å². The van der Waals surface area contributed by atoms with Gasteiger partial charge in [0.2, 0.25) is 0 Å². The van der Waals surface area contributed by atoms with Crippen molar-refractivity contribution in [3.05, 3.63) is 17.8 Å². The Morgan fingerprint density at radius 1 is 1.39 bits per heavy atom. The van der Waals surface area contributed by atoms with Gasteiger partial charge in [0, 0.05) is 13.1 Å². The third kappa shape index (κ3) is 4.22. The Kier molecular flexibility index (Phi) is 5.95. The molecule has 0 aromatic carbocycles. The van der Waals surface area contributed by atoms with Crippen LogP contribution in [0, 0.1) is 11.3 Å². The van der Waals surface area contributed by atoms with E-state index in [0.29, 0.717) is 11.5 Å². The van der Waals surface area contributed by atoms with E-state index < -0.39 is 0 Å². The smallest absolute Gasteiger partial charge is 0.165 e. The average molecular weight is 247 g/mol. The molecule has 0 spiro atoms. The SMILES string of the molecule is CCCN(CC)CCNc1ccc(N)c(C#N)n1. The molecular formula is C13H21N5. The highest BCUT2D eigenvalue weighted by molar-refractivity contribution is 5.54. The molecule has 18 heavy (non-hydrogen) atoms. The number of nitrogen functional groups attached to an aromatic ring is 1. The van der Waals surface area contributed by atoms with Gasteiger partial charge in [0.05, 0.1) is 5.69 Å². The van der Waals surface area contributed by atoms with Crippen molar-refractivity contribution >= 4 is 11.5 Å². The molecule has 0 aliphatic heterocycles. The number of nitriles is 1. The lowest BCUT2D eigenvalue weighted by atomic mass is 10.3. The van der Waals surface area contributed by atoms with Gasteiger partial charge in [-0.1, -0.05) is 13.8 Å². The van der Waals surface area contributed by atoms with Crippen LogP contribution >= 0.6 is 0 Å². The van der Waals surface area contributed by atoms with Crippen molar-refractivity contribution in [2.24, 2.45) is 0 Å². The molecule has 0 saturated carbocycles. The van der Waals surface area contributed by atoms with Crippen molar-refractivity contribution in [1.29, 1.82) is 5.26 Å². The number of nitrogens with zero attached hydrogens (tertiary/aromatic N) is 3. The summed E-state index contributed by atoms with van der Waals surface area (Å²) < 4.78 is 0. The zero-order valence-corrected chi connectivity index (χ0v) is 11.1. The molecule has 0 fully saturated rings. The highest BCUT2D eigenvalue weighted by Gasteiger charge is 2.03. The first-order chi connectivity index (χ1) is 8.71. The van der Waals surface area contributed by atoms with Gasteiger partial charge in [0.15, 0.2) is 5.69 Å². The highest BCUT2D eigenvalue weighted by Crippen LogP contribution is 2.11. The van der Waals surface area contributed by atoms with Crippen LogP contribution in [-0.4, -0.2) is 36.1 Å². The third-order valence-corrected chi connectivity index (χ3v) is 2.75. The Balaban J connectivity index is 2.46. The predicted molar refractivity (Wildman–Crippen MR) is 74.3 cm³/mol. The van der Waals surface area contributed by atoms with E-state index in [1.165, 1.54) is 0 Å². The fraction of sp³-hybridized carbons (Fsp3) is 0.538. The minimum absolute atomic E-state index is 0.279. The predicted octanol–water partition coefficient (Wildman–Crippen LogP) is 1.68. The summed E-state index contributed by atoms with van der Waals surface area (Å²) in [6, 6.07) is 5.48. The summed E-state index contributed by atoms with van der Waals surface area (Å²) in [5, 5.41) is 12.0. The first kappa shape index (κ1) is 14.3. The first-order valence-corrected chi connectivity index (χ1v) is 6.34. The van der Waals surface area contributed by atoms with E-state index >= 15 is 0 Å². The lowest BCUT2D eigenvalue weighted by Crippen LogP contribution is -2.29. The molecule has 1 aromatic heterocycles. The van der Waals surface area contributed by atoms with Gasteiger partial charge in [-0.05, 0) is 31.6 Å². The molecule has 0 radical (unpaired) electrons. The molecule has 0 bridgehead atoms. The molecule has 1 aromatic rings. The van der Waals surface area contributed by atoms with Crippen molar-refractivity contribution < 1.29 is 0 Å². The number of pyridine rings is 1. The molecule has 0 atom stereocenters. The van der Waals surface area contributed by atoms with Gasteiger partial charge in [0.1, 0.15) is 11.9 Å². The standard InChI is InChI=1S/C13H21N5/c1-3-8-18(4-2)9-7-16-13-6-5-11(15)12(10-14)17-13/h5-6H,3-4,7-9,15H2,1-2H3,(H,16,17). The summed E-state index contributed by atoms with van der Waals surface area (Å²) in [7, 11) is 0. The van der Waals surface area contributed by atoms with E-state index in [2.05, 4.69) is 29.0 Å². The Hall–Kier alpha value is -1.80. The van der Waals surface area contributed by atoms with Gasteiger partial charge in [-0.15, -0.1) is 0 Å². The Morgan fingerprint density at radius 3 is 2.78 bits per heavy atom. The van der Waals surface area contributed by atoms with Gasteiger partial charge in [-0.3, -0.25) is 0 Å². The van der Waals surface area contributed by atoms with E-state index in [4.69, 9.17) is 11.0 Å². The van der Waals surface area contributed by atoms with Crippen LogP contribution in [-0.2, 0) is 0 Å². The minimum atomic E-state index is 0.279. The summed E-state index contributed by atoms with van der Waals surface area (Å²) in [6.45, 7) is 8.28. The largest absolute Gasteiger partial charge is 0.396 e. The molecular weight excluding hydrogens is 226 g/mol. The number of nitrogens with two attached hydrogens (primary N) is 1. The second-order valence-corrected chi connectivity index (χ2v) is 4.11. The molecule has 5 nitrogen and oxygen atoms in total. The zero-order chi connectivity index (χ0) is 13.4. The number of rotatable bonds is 7. The van der Waals surface area contributed by atoms with Crippen molar-refractivity contribution in [2.45, 2.75) is 20.3 Å². The maximum atomic E-state index is 8.84. The maximum absolute atomic E-state index is 8.84. The van der Waals surface area contributed by atoms with Crippen molar-refractivity contribution in [3.8, 4) is 6.07 Å². The monoisotopic (exact) mass is 247 g/mol. The molecule has 3 N–H and O–H groups in total. The van der Waals surface area contributed by atoms with Crippen LogP contribution in [0.5, 0.6) is 0 Å². The molecule has 0 unspecified atom stereocenters. The summed E-state index contributed by atoms with van der Waals surface area (Å²) in [6.07, 6.45) is 1.16. The van der Waals surface area contributed by atoms with Gasteiger partial charge >= 0.3 is 0 Å². The third-order valence-electron chi connectivity index (χ3n) is 2.75. The van der Waals surface area contributed by atoms with Crippen LogP contribution in [0.2, 0.25) is 0 Å². The van der Waals surface area contributed by atoms with Crippen LogP contribution in [0.25, 0.3) is 0 Å². The van der Waals surface area contributed by atoms with E-state index in [1.807, 2.05) is 6.07 Å². The van der Waals surface area contributed by atoms with E-state index in [-0.39, 0.29) is 5.69 Å². The Morgan fingerprint density at radius 2 is 2.17 bits per heavy atom. The molecule has 1 heterocycles.